The molecule has 1 saturated heterocycles. The first-order chi connectivity index (χ1) is 9.22. The molecule has 0 spiro atoms. The topological polar surface area (TPSA) is 47.3 Å². The summed E-state index contributed by atoms with van der Waals surface area (Å²) < 4.78 is 32.8. The van der Waals surface area contributed by atoms with Crippen LogP contribution in [0.15, 0.2) is 18.2 Å². The maximum absolute atomic E-state index is 13.7. The van der Waals surface area contributed by atoms with E-state index in [2.05, 4.69) is 5.43 Å². The molecule has 2 unspecified atom stereocenters. The molecule has 0 aromatic heterocycles. The monoisotopic (exact) mass is 270 g/mol. The molecule has 3 nitrogen and oxygen atoms in total. The molecule has 1 aromatic rings. The molecule has 19 heavy (non-hydrogen) atoms. The van der Waals surface area contributed by atoms with Crippen molar-refractivity contribution in [3.8, 4) is 0 Å². The lowest BCUT2D eigenvalue weighted by Crippen LogP contribution is -2.29. The summed E-state index contributed by atoms with van der Waals surface area (Å²) in [7, 11) is 0. The summed E-state index contributed by atoms with van der Waals surface area (Å²) in [5.74, 6) is 4.31. The summed E-state index contributed by atoms with van der Waals surface area (Å²) in [5.41, 5.74) is 2.53. The van der Waals surface area contributed by atoms with Crippen molar-refractivity contribution in [2.75, 3.05) is 6.61 Å². The Morgan fingerprint density at radius 1 is 1.37 bits per heavy atom. The average Bonchev–Trinajstić information content (AvgIpc) is 2.89. The number of nitrogens with one attached hydrogen (secondary N) is 1. The van der Waals surface area contributed by atoms with Gasteiger partial charge in [-0.15, -0.1) is 0 Å². The highest BCUT2D eigenvalue weighted by Crippen LogP contribution is 2.26. The highest BCUT2D eigenvalue weighted by molar-refractivity contribution is 5.23. The summed E-state index contributed by atoms with van der Waals surface area (Å²) >= 11 is 0. The van der Waals surface area contributed by atoms with Crippen molar-refractivity contribution in [3.63, 3.8) is 0 Å². The Morgan fingerprint density at radius 2 is 2.11 bits per heavy atom. The number of hydrogen-bond donors (Lipinski definition) is 2. The van der Waals surface area contributed by atoms with Crippen molar-refractivity contribution < 1.29 is 13.5 Å². The van der Waals surface area contributed by atoms with Gasteiger partial charge in [0.1, 0.15) is 11.6 Å². The largest absolute Gasteiger partial charge is 0.378 e. The molecule has 2 atom stereocenters. The van der Waals surface area contributed by atoms with E-state index in [9.17, 15) is 8.78 Å². The van der Waals surface area contributed by atoms with Gasteiger partial charge in [-0.3, -0.25) is 11.3 Å². The van der Waals surface area contributed by atoms with Gasteiger partial charge in [-0.25, -0.2) is 8.78 Å². The zero-order chi connectivity index (χ0) is 13.7. The van der Waals surface area contributed by atoms with E-state index < -0.39 is 17.7 Å². The van der Waals surface area contributed by atoms with Gasteiger partial charge < -0.3 is 4.74 Å². The van der Waals surface area contributed by atoms with Crippen LogP contribution in [0.3, 0.4) is 0 Å². The molecule has 0 bridgehead atoms. The minimum absolute atomic E-state index is 0.0253. The first kappa shape index (κ1) is 14.4. The number of hydrazine groups is 1. The Morgan fingerprint density at radius 3 is 2.68 bits per heavy atom. The number of rotatable bonds is 6. The van der Waals surface area contributed by atoms with Crippen LogP contribution < -0.4 is 11.3 Å². The van der Waals surface area contributed by atoms with E-state index in [4.69, 9.17) is 10.6 Å². The van der Waals surface area contributed by atoms with Gasteiger partial charge in [-0.1, -0.05) is 6.07 Å². The van der Waals surface area contributed by atoms with E-state index in [-0.39, 0.29) is 5.56 Å². The van der Waals surface area contributed by atoms with Crippen LogP contribution in [0.2, 0.25) is 0 Å². The maximum Gasteiger partial charge on any atom is 0.130 e. The van der Waals surface area contributed by atoms with E-state index in [1.54, 1.807) is 0 Å². The molecular formula is C14H20F2N2O. The Hall–Kier alpha value is -1.04. The third-order valence-corrected chi connectivity index (χ3v) is 3.59. The summed E-state index contributed by atoms with van der Waals surface area (Å²) in [6.45, 7) is 0.825. The molecule has 3 N–H and O–H groups in total. The molecule has 1 aromatic carbocycles. The fraction of sp³-hybridized carbons (Fsp3) is 0.571. The SMILES string of the molecule is NNC(CCCC1CCCO1)c1c(F)cccc1F. The van der Waals surface area contributed by atoms with E-state index >= 15 is 0 Å². The summed E-state index contributed by atoms with van der Waals surface area (Å²) in [6.07, 6.45) is 4.80. The van der Waals surface area contributed by atoms with Crippen LogP contribution in [0.1, 0.15) is 43.7 Å². The lowest BCUT2D eigenvalue weighted by Gasteiger charge is -2.18. The first-order valence-corrected chi connectivity index (χ1v) is 6.74. The van der Waals surface area contributed by atoms with Crippen LogP contribution in [-0.2, 0) is 4.74 Å². The van der Waals surface area contributed by atoms with Gasteiger partial charge in [0, 0.05) is 12.2 Å². The predicted molar refractivity (Wildman–Crippen MR) is 69.2 cm³/mol. The van der Waals surface area contributed by atoms with Gasteiger partial charge in [0.2, 0.25) is 0 Å². The van der Waals surface area contributed by atoms with Gasteiger partial charge in [-0.05, 0) is 44.2 Å². The van der Waals surface area contributed by atoms with Crippen LogP contribution >= 0.6 is 0 Å². The number of hydrogen-bond acceptors (Lipinski definition) is 3. The molecule has 0 amide bonds. The highest BCUT2D eigenvalue weighted by atomic mass is 19.1. The standard InChI is InChI=1S/C14H20F2N2O/c15-11-6-2-7-12(16)14(11)13(18-17)8-1-4-10-5-3-9-19-10/h2,6-7,10,13,18H,1,3-5,8-9,17H2. The molecule has 1 aliphatic heterocycles. The van der Waals surface area contributed by atoms with E-state index in [1.807, 2.05) is 0 Å². The summed E-state index contributed by atoms with van der Waals surface area (Å²) in [5, 5.41) is 0. The Bertz CT molecular complexity index is 388. The van der Waals surface area contributed by atoms with Crippen molar-refractivity contribution in [2.24, 2.45) is 5.84 Å². The van der Waals surface area contributed by atoms with Gasteiger partial charge in [0.25, 0.3) is 0 Å². The molecule has 1 heterocycles. The summed E-state index contributed by atoms with van der Waals surface area (Å²) in [4.78, 5) is 0. The second kappa shape index (κ2) is 6.93. The quantitative estimate of drug-likeness (QED) is 0.617. The van der Waals surface area contributed by atoms with Crippen molar-refractivity contribution >= 4 is 0 Å². The Balaban J connectivity index is 1.92. The minimum atomic E-state index is -0.555. The van der Waals surface area contributed by atoms with E-state index in [1.165, 1.54) is 18.2 Å². The second-order valence-electron chi connectivity index (χ2n) is 4.92. The molecule has 0 radical (unpaired) electrons. The minimum Gasteiger partial charge on any atom is -0.378 e. The average molecular weight is 270 g/mol. The fourth-order valence-electron chi connectivity index (χ4n) is 2.58. The maximum atomic E-state index is 13.7. The van der Waals surface area contributed by atoms with E-state index in [0.717, 1.165) is 32.3 Å². The van der Waals surface area contributed by atoms with Crippen LogP contribution in [0, 0.1) is 11.6 Å². The number of ether oxygens (including phenoxy) is 1. The second-order valence-corrected chi connectivity index (χ2v) is 4.92. The number of benzene rings is 1. The van der Waals surface area contributed by atoms with Crippen LogP contribution in [0.5, 0.6) is 0 Å². The van der Waals surface area contributed by atoms with Gasteiger partial charge in [0.05, 0.1) is 12.1 Å². The summed E-state index contributed by atoms with van der Waals surface area (Å²) in [6, 6.07) is 3.36. The molecule has 0 saturated carbocycles. The van der Waals surface area contributed by atoms with Crippen LogP contribution in [0.25, 0.3) is 0 Å². The smallest absolute Gasteiger partial charge is 0.130 e. The van der Waals surface area contributed by atoms with Crippen molar-refractivity contribution in [2.45, 2.75) is 44.2 Å². The molecule has 0 aliphatic carbocycles. The number of halogens is 2. The lowest BCUT2D eigenvalue weighted by atomic mass is 9.99. The third-order valence-electron chi connectivity index (χ3n) is 3.59. The molecule has 106 valence electrons. The lowest BCUT2D eigenvalue weighted by molar-refractivity contribution is 0.101. The molecule has 1 fully saturated rings. The van der Waals surface area contributed by atoms with Gasteiger partial charge >= 0.3 is 0 Å². The van der Waals surface area contributed by atoms with Crippen molar-refractivity contribution in [1.82, 2.24) is 5.43 Å². The Kier molecular flexibility index (Phi) is 5.24. The molecule has 5 heteroatoms. The van der Waals surface area contributed by atoms with Gasteiger partial charge in [0.15, 0.2) is 0 Å². The van der Waals surface area contributed by atoms with Crippen LogP contribution in [-0.4, -0.2) is 12.7 Å². The normalized spacial score (nSPS) is 20.7. The zero-order valence-electron chi connectivity index (χ0n) is 10.9. The van der Waals surface area contributed by atoms with Crippen LogP contribution in [0.4, 0.5) is 8.78 Å². The first-order valence-electron chi connectivity index (χ1n) is 6.74. The van der Waals surface area contributed by atoms with Gasteiger partial charge in [-0.2, -0.15) is 0 Å². The molecular weight excluding hydrogens is 250 g/mol. The molecule has 2 rings (SSSR count). The highest BCUT2D eigenvalue weighted by Gasteiger charge is 2.20. The third kappa shape index (κ3) is 3.72. The van der Waals surface area contributed by atoms with Crippen molar-refractivity contribution in [3.05, 3.63) is 35.4 Å². The number of nitrogens with two attached hydrogens (primary N) is 1. The van der Waals surface area contributed by atoms with Crippen molar-refractivity contribution in [1.29, 1.82) is 0 Å². The fourth-order valence-corrected chi connectivity index (χ4v) is 2.58. The molecule has 1 aliphatic rings. The zero-order valence-corrected chi connectivity index (χ0v) is 10.9. The van der Waals surface area contributed by atoms with E-state index in [0.29, 0.717) is 12.5 Å². The predicted octanol–water partition coefficient (Wildman–Crippen LogP) is 2.82. The Labute approximate surface area is 112 Å².